The number of imide groups is 1. The van der Waals surface area contributed by atoms with E-state index in [0.717, 1.165) is 29.5 Å². The van der Waals surface area contributed by atoms with E-state index in [9.17, 15) is 9.59 Å². The molecule has 0 unspecified atom stereocenters. The van der Waals surface area contributed by atoms with Gasteiger partial charge in [0.25, 0.3) is 0 Å². The second-order valence-electron chi connectivity index (χ2n) is 4.80. The maximum Gasteiger partial charge on any atom is 0.419 e. The van der Waals surface area contributed by atoms with Crippen LogP contribution in [0.1, 0.15) is 46.0 Å². The third-order valence-electron chi connectivity index (χ3n) is 2.99. The number of carbonyl (C=O) groups is 2. The summed E-state index contributed by atoms with van der Waals surface area (Å²) in [6.07, 6.45) is 8.54. The van der Waals surface area contributed by atoms with Crippen molar-refractivity contribution >= 4 is 29.0 Å². The minimum Gasteiger partial charge on any atom is -0.449 e. The highest BCUT2D eigenvalue weighted by Crippen LogP contribution is 2.16. The highest BCUT2D eigenvalue weighted by Gasteiger charge is 2.34. The summed E-state index contributed by atoms with van der Waals surface area (Å²) < 4.78 is 10.2. The van der Waals surface area contributed by atoms with E-state index >= 15 is 0 Å². The third-order valence-corrected chi connectivity index (χ3v) is 3.70. The maximum absolute atomic E-state index is 12.3. The van der Waals surface area contributed by atoms with E-state index in [1.807, 2.05) is 13.8 Å². The molecule has 0 saturated carbocycles. The summed E-state index contributed by atoms with van der Waals surface area (Å²) >= 11 is 1.12. The normalized spacial score (nSPS) is 11.2. The van der Waals surface area contributed by atoms with Crippen LogP contribution in [0.5, 0.6) is 0 Å². The summed E-state index contributed by atoms with van der Waals surface area (Å²) in [5, 5.41) is 8.07. The maximum atomic E-state index is 12.3. The number of carbonyl (C=O) groups excluding carboxylic acids is 2. The van der Waals surface area contributed by atoms with Crippen LogP contribution in [0.25, 0.3) is 0 Å². The Morgan fingerprint density at radius 3 is 2.00 bits per heavy atom. The lowest BCUT2D eigenvalue weighted by Gasteiger charge is -2.27. The van der Waals surface area contributed by atoms with Crippen LogP contribution >= 0.6 is 11.8 Å². The molecule has 130 valence electrons. The van der Waals surface area contributed by atoms with Gasteiger partial charge < -0.3 is 9.47 Å². The number of thioether (sulfide) groups is 1. The molecule has 0 rings (SSSR count). The van der Waals surface area contributed by atoms with Crippen molar-refractivity contribution in [2.45, 2.75) is 52.0 Å². The zero-order chi connectivity index (χ0) is 17.7. The molecule has 0 radical (unpaired) electrons. The molecular weight excluding hydrogens is 316 g/mol. The van der Waals surface area contributed by atoms with Crippen molar-refractivity contribution in [2.24, 2.45) is 0 Å². The molecule has 0 aliphatic heterocycles. The fourth-order valence-corrected chi connectivity index (χ4v) is 2.09. The number of rotatable bonds is 9. The molecule has 0 bridgehead atoms. The van der Waals surface area contributed by atoms with Crippen LogP contribution in [0, 0.1) is 17.8 Å². The molecule has 0 fully saturated rings. The van der Waals surface area contributed by atoms with E-state index in [1.165, 1.54) is 0 Å². The Bertz CT molecular complexity index is 412. The molecule has 6 nitrogen and oxygen atoms in total. The summed E-state index contributed by atoms with van der Waals surface area (Å²) in [5.41, 5.74) is 0. The van der Waals surface area contributed by atoms with Crippen molar-refractivity contribution in [3.8, 4) is 12.3 Å². The molecule has 2 amide bonds. The molecular formula is C16H26N2O4S. The minimum absolute atomic E-state index is 0.0471. The number of unbranched alkanes of at least 4 members (excludes halogenated alkanes) is 2. The number of nitrogens with one attached hydrogen (secondary N) is 1. The molecule has 0 aromatic rings. The Labute approximate surface area is 142 Å². The van der Waals surface area contributed by atoms with E-state index in [0.29, 0.717) is 12.8 Å². The molecule has 1 atom stereocenters. The van der Waals surface area contributed by atoms with Crippen LogP contribution < -0.4 is 0 Å². The van der Waals surface area contributed by atoms with Gasteiger partial charge in [-0.25, -0.2) is 14.5 Å². The van der Waals surface area contributed by atoms with Crippen LogP contribution in [-0.2, 0) is 9.47 Å². The first-order valence-electron chi connectivity index (χ1n) is 7.71. The molecule has 0 aromatic heterocycles. The van der Waals surface area contributed by atoms with Gasteiger partial charge in [-0.15, -0.1) is 24.1 Å². The predicted molar refractivity (Wildman–Crippen MR) is 92.8 cm³/mol. The Morgan fingerprint density at radius 2 is 1.65 bits per heavy atom. The van der Waals surface area contributed by atoms with Gasteiger partial charge >= 0.3 is 12.2 Å². The van der Waals surface area contributed by atoms with E-state index in [1.54, 1.807) is 6.26 Å². The summed E-state index contributed by atoms with van der Waals surface area (Å²) in [5.74, 6) is 2.40. The first kappa shape index (κ1) is 21.3. The molecule has 0 aliphatic rings. The van der Waals surface area contributed by atoms with Crippen LogP contribution in [0.2, 0.25) is 0 Å². The summed E-state index contributed by atoms with van der Waals surface area (Å²) in [6, 6.07) is -0.863. The zero-order valence-electron chi connectivity index (χ0n) is 14.1. The van der Waals surface area contributed by atoms with E-state index in [4.69, 9.17) is 21.3 Å². The lowest BCUT2D eigenvalue weighted by atomic mass is 10.2. The van der Waals surface area contributed by atoms with Crippen molar-refractivity contribution in [3.63, 3.8) is 0 Å². The largest absolute Gasteiger partial charge is 0.449 e. The Morgan fingerprint density at radius 1 is 1.17 bits per heavy atom. The number of ether oxygens (including phenoxy) is 2. The first-order chi connectivity index (χ1) is 11.0. The number of amides is 2. The van der Waals surface area contributed by atoms with Gasteiger partial charge in [0.15, 0.2) is 0 Å². The van der Waals surface area contributed by atoms with Crippen molar-refractivity contribution < 1.29 is 19.1 Å². The molecule has 0 saturated heterocycles. The number of terminal acetylenes is 1. The summed E-state index contributed by atoms with van der Waals surface area (Å²) in [7, 11) is 0. The topological polar surface area (TPSA) is 79.7 Å². The summed E-state index contributed by atoms with van der Waals surface area (Å²) in [4.78, 5) is 25.3. The number of nitrogens with zero attached hydrogens (tertiary/aromatic N) is 1. The average molecular weight is 342 g/mol. The van der Waals surface area contributed by atoms with Crippen molar-refractivity contribution in [2.75, 3.05) is 19.5 Å². The SMILES string of the molecule is C#CC[C@@H](C(=N)SC)N(C(=O)OCCCC)C(=O)OCCCC. The summed E-state index contributed by atoms with van der Waals surface area (Å²) in [6.45, 7) is 4.36. The van der Waals surface area contributed by atoms with E-state index in [-0.39, 0.29) is 24.7 Å². The highest BCUT2D eigenvalue weighted by atomic mass is 32.2. The third kappa shape index (κ3) is 7.93. The Kier molecular flexibility index (Phi) is 11.9. The monoisotopic (exact) mass is 342 g/mol. The predicted octanol–water partition coefficient (Wildman–Crippen LogP) is 3.89. The number of hydrogen-bond acceptors (Lipinski definition) is 6. The van der Waals surface area contributed by atoms with Crippen molar-refractivity contribution in [1.29, 1.82) is 5.41 Å². The zero-order valence-corrected chi connectivity index (χ0v) is 14.9. The van der Waals surface area contributed by atoms with Crippen molar-refractivity contribution in [1.82, 2.24) is 4.90 Å². The van der Waals surface area contributed by atoms with Crippen molar-refractivity contribution in [3.05, 3.63) is 0 Å². The van der Waals surface area contributed by atoms with Crippen LogP contribution in [-0.4, -0.2) is 47.6 Å². The van der Waals surface area contributed by atoms with E-state index < -0.39 is 18.2 Å². The Hall–Kier alpha value is -1.68. The van der Waals surface area contributed by atoms with Gasteiger partial charge in [0, 0.05) is 6.42 Å². The lowest BCUT2D eigenvalue weighted by Crippen LogP contribution is -2.48. The second-order valence-corrected chi connectivity index (χ2v) is 5.65. The minimum atomic E-state index is -0.863. The fraction of sp³-hybridized carbons (Fsp3) is 0.688. The van der Waals surface area contributed by atoms with E-state index in [2.05, 4.69) is 5.92 Å². The first-order valence-corrected chi connectivity index (χ1v) is 8.94. The molecule has 0 heterocycles. The highest BCUT2D eigenvalue weighted by molar-refractivity contribution is 8.13. The molecule has 0 aliphatic carbocycles. The van der Waals surface area contributed by atoms with Crippen LogP contribution in [0.15, 0.2) is 0 Å². The fourth-order valence-electron chi connectivity index (χ4n) is 1.62. The lowest BCUT2D eigenvalue weighted by molar-refractivity contribution is 0.0703. The molecule has 0 aromatic carbocycles. The van der Waals surface area contributed by atoms with Gasteiger partial charge in [-0.3, -0.25) is 5.41 Å². The van der Waals surface area contributed by atoms with Gasteiger partial charge in [0.05, 0.1) is 18.3 Å². The van der Waals surface area contributed by atoms with Gasteiger partial charge in [0.2, 0.25) is 0 Å². The molecule has 7 heteroatoms. The van der Waals surface area contributed by atoms with Gasteiger partial charge in [-0.2, -0.15) is 0 Å². The number of hydrogen-bond donors (Lipinski definition) is 1. The molecule has 23 heavy (non-hydrogen) atoms. The van der Waals surface area contributed by atoms with Crippen LogP contribution in [0.3, 0.4) is 0 Å². The average Bonchev–Trinajstić information content (AvgIpc) is 2.54. The van der Waals surface area contributed by atoms with Gasteiger partial charge in [-0.1, -0.05) is 26.7 Å². The second kappa shape index (κ2) is 12.8. The smallest absolute Gasteiger partial charge is 0.419 e. The molecule has 0 spiro atoms. The van der Waals surface area contributed by atoms with Gasteiger partial charge in [0.1, 0.15) is 6.04 Å². The quantitative estimate of drug-likeness (QED) is 0.297. The van der Waals surface area contributed by atoms with Crippen LogP contribution in [0.4, 0.5) is 9.59 Å². The Balaban J connectivity index is 5.15. The van der Waals surface area contributed by atoms with Gasteiger partial charge in [-0.05, 0) is 19.1 Å². The molecule has 1 N–H and O–H groups in total. The standard InChI is InChI=1S/C16H26N2O4S/c1-5-8-11-21-15(19)18(16(20)22-12-9-6-2)13(10-7-3)14(17)23-4/h3,13,17H,5-6,8-12H2,1-2,4H3/t13-/m0/s1.